The Hall–Kier alpha value is -2.57. The second kappa shape index (κ2) is 5.81. The van der Waals surface area contributed by atoms with Crippen LogP contribution in [-0.2, 0) is 16.6 Å². The summed E-state index contributed by atoms with van der Waals surface area (Å²) in [6.07, 6.45) is 1.39. The van der Waals surface area contributed by atoms with Gasteiger partial charge in [0.05, 0.1) is 12.5 Å². The number of hydrogen-bond donors (Lipinski definition) is 3. The van der Waals surface area contributed by atoms with Crippen LogP contribution < -0.4 is 15.8 Å². The number of aromatic nitrogens is 3. The Kier molecular flexibility index (Phi) is 3.95. The monoisotopic (exact) mass is 329 g/mol. The maximum Gasteiger partial charge on any atom is 0.239 e. The number of carbonyl (C=O) groups excluding carboxylic acids is 1. The molecule has 1 atom stereocenters. The van der Waals surface area contributed by atoms with Crippen molar-refractivity contribution in [2.45, 2.75) is 32.1 Å². The van der Waals surface area contributed by atoms with Crippen molar-refractivity contribution in [2.75, 3.05) is 19.4 Å². The molecule has 24 heavy (non-hydrogen) atoms. The van der Waals surface area contributed by atoms with E-state index in [0.29, 0.717) is 18.8 Å². The number of hydrogen-bond acceptors (Lipinski definition) is 5. The topological polar surface area (TPSA) is 106 Å². The van der Waals surface area contributed by atoms with Gasteiger partial charge in [0.1, 0.15) is 11.6 Å². The molecule has 2 aromatic rings. The van der Waals surface area contributed by atoms with Crippen molar-refractivity contribution in [3.8, 4) is 5.75 Å². The summed E-state index contributed by atoms with van der Waals surface area (Å²) in [6.45, 7) is 4.73. The Labute approximate surface area is 141 Å². The highest BCUT2D eigenvalue weighted by Gasteiger charge is 2.66. The fourth-order valence-electron chi connectivity index (χ4n) is 3.37. The van der Waals surface area contributed by atoms with Gasteiger partial charge in [-0.2, -0.15) is 4.98 Å². The number of nitrogens with one attached hydrogen (secondary N) is 2. The number of amides is 1. The van der Waals surface area contributed by atoms with Crippen molar-refractivity contribution in [2.24, 2.45) is 5.41 Å². The number of benzene rings is 1. The van der Waals surface area contributed by atoms with Crippen LogP contribution in [0.1, 0.15) is 31.7 Å². The van der Waals surface area contributed by atoms with E-state index in [2.05, 4.69) is 34.3 Å². The number of H-pyrrole nitrogens is 1. The zero-order chi connectivity index (χ0) is 17.4. The number of rotatable bonds is 6. The first-order chi connectivity index (χ1) is 11.4. The molecule has 1 saturated carbocycles. The quantitative estimate of drug-likeness (QED) is 0.743. The van der Waals surface area contributed by atoms with Gasteiger partial charge in [-0.25, -0.2) is 0 Å². The fourth-order valence-corrected chi connectivity index (χ4v) is 3.37. The van der Waals surface area contributed by atoms with Gasteiger partial charge >= 0.3 is 0 Å². The molecule has 128 valence electrons. The first kappa shape index (κ1) is 16.3. The molecule has 3 rings (SSSR count). The number of aromatic amines is 1. The number of nitrogens with two attached hydrogens (primary N) is 1. The molecule has 1 aromatic carbocycles. The Morgan fingerprint density at radius 2 is 2.04 bits per heavy atom. The number of nitrogen functional groups attached to an aromatic ring is 1. The van der Waals surface area contributed by atoms with Gasteiger partial charge in [0.25, 0.3) is 0 Å². The lowest BCUT2D eigenvalue weighted by Crippen LogP contribution is -2.38. The predicted molar refractivity (Wildman–Crippen MR) is 90.6 cm³/mol. The molecule has 7 nitrogen and oxygen atoms in total. The van der Waals surface area contributed by atoms with Crippen LogP contribution in [0.5, 0.6) is 5.75 Å². The largest absolute Gasteiger partial charge is 0.497 e. The summed E-state index contributed by atoms with van der Waals surface area (Å²) in [5.74, 6) is 1.72. The summed E-state index contributed by atoms with van der Waals surface area (Å²) < 4.78 is 5.20. The van der Waals surface area contributed by atoms with E-state index in [0.717, 1.165) is 17.7 Å². The van der Waals surface area contributed by atoms with Crippen LogP contribution >= 0.6 is 0 Å². The van der Waals surface area contributed by atoms with Gasteiger partial charge in [0, 0.05) is 13.0 Å². The smallest absolute Gasteiger partial charge is 0.239 e. The summed E-state index contributed by atoms with van der Waals surface area (Å²) in [4.78, 5) is 16.9. The van der Waals surface area contributed by atoms with Crippen molar-refractivity contribution in [3.05, 3.63) is 35.7 Å². The molecule has 0 bridgehead atoms. The van der Waals surface area contributed by atoms with Gasteiger partial charge in [0.2, 0.25) is 11.9 Å². The molecule has 4 N–H and O–H groups in total. The third-order valence-corrected chi connectivity index (χ3v) is 4.90. The van der Waals surface area contributed by atoms with Gasteiger partial charge < -0.3 is 15.8 Å². The molecule has 1 aromatic heterocycles. The highest BCUT2D eigenvalue weighted by atomic mass is 16.5. The molecule has 0 saturated heterocycles. The summed E-state index contributed by atoms with van der Waals surface area (Å²) in [5, 5.41) is 9.55. The van der Waals surface area contributed by atoms with Crippen LogP contribution in [0.2, 0.25) is 0 Å². The second-order valence-corrected chi connectivity index (χ2v) is 6.84. The van der Waals surface area contributed by atoms with E-state index in [9.17, 15) is 4.79 Å². The lowest BCUT2D eigenvalue weighted by molar-refractivity contribution is -0.124. The highest BCUT2D eigenvalue weighted by Crippen LogP contribution is 2.64. The molecule has 1 fully saturated rings. The lowest BCUT2D eigenvalue weighted by Gasteiger charge is -2.21. The fraction of sp³-hybridized carbons (Fsp3) is 0.471. The molecule has 0 aliphatic heterocycles. The van der Waals surface area contributed by atoms with Crippen LogP contribution in [0.15, 0.2) is 24.3 Å². The van der Waals surface area contributed by atoms with E-state index in [1.54, 1.807) is 7.11 Å². The Morgan fingerprint density at radius 3 is 2.54 bits per heavy atom. The normalized spacial score (nSPS) is 21.3. The van der Waals surface area contributed by atoms with Gasteiger partial charge in [-0.05, 0) is 29.5 Å². The third kappa shape index (κ3) is 2.70. The number of nitrogens with zero attached hydrogens (tertiary/aromatic N) is 2. The molecule has 0 radical (unpaired) electrons. The zero-order valence-corrected chi connectivity index (χ0v) is 14.2. The minimum absolute atomic E-state index is 0.0464. The molecular formula is C17H23N5O2. The van der Waals surface area contributed by atoms with Gasteiger partial charge in [-0.1, -0.05) is 26.0 Å². The van der Waals surface area contributed by atoms with Crippen LogP contribution in [0, 0.1) is 5.41 Å². The van der Waals surface area contributed by atoms with Crippen LogP contribution in [0.3, 0.4) is 0 Å². The molecule has 0 spiro atoms. The lowest BCUT2D eigenvalue weighted by atomic mass is 9.87. The molecular weight excluding hydrogens is 306 g/mol. The molecule has 1 aliphatic carbocycles. The molecule has 0 unspecified atom stereocenters. The molecule has 1 amide bonds. The summed E-state index contributed by atoms with van der Waals surface area (Å²) in [5.41, 5.74) is 5.94. The first-order valence-corrected chi connectivity index (χ1v) is 7.99. The SMILES string of the molecule is COc1ccc([C@]2(C(=O)NCCc3nc(N)n[nH]3)CC2(C)C)cc1. The van der Waals surface area contributed by atoms with Crippen molar-refractivity contribution >= 4 is 11.9 Å². The molecule has 1 aliphatic rings. The third-order valence-electron chi connectivity index (χ3n) is 4.90. The Morgan fingerprint density at radius 1 is 1.38 bits per heavy atom. The van der Waals surface area contributed by atoms with E-state index in [4.69, 9.17) is 10.5 Å². The van der Waals surface area contributed by atoms with Gasteiger partial charge in [-0.3, -0.25) is 9.89 Å². The number of anilines is 1. The Bertz CT molecular complexity index is 738. The van der Waals surface area contributed by atoms with E-state index < -0.39 is 5.41 Å². The predicted octanol–water partition coefficient (Wildman–Crippen LogP) is 1.42. The maximum atomic E-state index is 12.9. The van der Waals surface area contributed by atoms with E-state index in [-0.39, 0.29) is 17.3 Å². The van der Waals surface area contributed by atoms with E-state index >= 15 is 0 Å². The van der Waals surface area contributed by atoms with E-state index in [1.807, 2.05) is 24.3 Å². The highest BCUT2D eigenvalue weighted by molar-refractivity contribution is 5.93. The second-order valence-electron chi connectivity index (χ2n) is 6.84. The molecule has 1 heterocycles. The summed E-state index contributed by atoms with van der Waals surface area (Å²) >= 11 is 0. The van der Waals surface area contributed by atoms with E-state index in [1.165, 1.54) is 0 Å². The summed E-state index contributed by atoms with van der Waals surface area (Å²) in [7, 11) is 1.63. The van der Waals surface area contributed by atoms with Crippen molar-refractivity contribution < 1.29 is 9.53 Å². The average Bonchev–Trinajstić information content (AvgIpc) is 2.92. The van der Waals surface area contributed by atoms with Crippen LogP contribution in [0.4, 0.5) is 5.95 Å². The van der Waals surface area contributed by atoms with Crippen molar-refractivity contribution in [1.29, 1.82) is 0 Å². The number of carbonyl (C=O) groups is 1. The van der Waals surface area contributed by atoms with Gasteiger partial charge in [0.15, 0.2) is 0 Å². The average molecular weight is 329 g/mol. The maximum absolute atomic E-state index is 12.9. The van der Waals surface area contributed by atoms with Crippen molar-refractivity contribution in [1.82, 2.24) is 20.5 Å². The van der Waals surface area contributed by atoms with Crippen LogP contribution in [0.25, 0.3) is 0 Å². The first-order valence-electron chi connectivity index (χ1n) is 7.99. The Balaban J connectivity index is 1.69. The molecule has 7 heteroatoms. The van der Waals surface area contributed by atoms with Crippen molar-refractivity contribution in [3.63, 3.8) is 0 Å². The standard InChI is InChI=1S/C17H23N5O2/c1-16(2)10-17(16,11-4-6-12(24-3)7-5-11)14(23)19-9-8-13-20-15(18)22-21-13/h4-7H,8-10H2,1-3H3,(H,19,23)(H3,18,20,21,22)/t17-/m0/s1. The summed E-state index contributed by atoms with van der Waals surface area (Å²) in [6, 6.07) is 7.75. The minimum atomic E-state index is -0.486. The minimum Gasteiger partial charge on any atom is -0.497 e. The zero-order valence-electron chi connectivity index (χ0n) is 14.2. The number of methoxy groups -OCH3 is 1. The van der Waals surface area contributed by atoms with Crippen LogP contribution in [-0.4, -0.2) is 34.7 Å². The van der Waals surface area contributed by atoms with Gasteiger partial charge in [-0.15, -0.1) is 5.10 Å². The number of ether oxygens (including phenoxy) is 1.